The maximum Gasteiger partial charge on any atom is 0.125 e. The Kier molecular flexibility index (Phi) is 4.13. The molecule has 3 heteroatoms. The number of benzene rings is 1. The molecule has 0 saturated heterocycles. The van der Waals surface area contributed by atoms with E-state index in [1.807, 2.05) is 6.07 Å². The van der Waals surface area contributed by atoms with E-state index in [1.165, 1.54) is 38.5 Å². The van der Waals surface area contributed by atoms with E-state index in [9.17, 15) is 0 Å². The maximum absolute atomic E-state index is 6.30. The Morgan fingerprint density at radius 3 is 2.79 bits per heavy atom. The van der Waals surface area contributed by atoms with Crippen molar-refractivity contribution in [2.75, 3.05) is 0 Å². The van der Waals surface area contributed by atoms with Crippen LogP contribution in [0.15, 0.2) is 22.7 Å². The Bertz CT molecular complexity index is 442. The van der Waals surface area contributed by atoms with Crippen molar-refractivity contribution in [2.45, 2.75) is 57.1 Å². The molecular formula is C16H22BrNO. The van der Waals surface area contributed by atoms with Gasteiger partial charge in [-0.1, -0.05) is 54.1 Å². The highest BCUT2D eigenvalue weighted by molar-refractivity contribution is 9.10. The minimum Gasteiger partial charge on any atom is -0.490 e. The molecule has 0 spiro atoms. The Morgan fingerprint density at radius 1 is 1.21 bits per heavy atom. The average molecular weight is 324 g/mol. The Labute approximate surface area is 123 Å². The third-order valence-corrected chi connectivity index (χ3v) is 5.00. The van der Waals surface area contributed by atoms with Crippen LogP contribution in [0.3, 0.4) is 0 Å². The second-order valence-electron chi connectivity index (χ2n) is 6.00. The van der Waals surface area contributed by atoms with Gasteiger partial charge in [-0.05, 0) is 24.5 Å². The summed E-state index contributed by atoms with van der Waals surface area (Å²) in [5.41, 5.74) is 7.45. The highest BCUT2D eigenvalue weighted by Gasteiger charge is 2.28. The molecule has 0 amide bonds. The molecule has 1 aliphatic heterocycles. The van der Waals surface area contributed by atoms with E-state index in [-0.39, 0.29) is 6.04 Å². The lowest BCUT2D eigenvalue weighted by molar-refractivity contribution is 0.120. The van der Waals surface area contributed by atoms with E-state index in [4.69, 9.17) is 10.5 Å². The average Bonchev–Trinajstić information content (AvgIpc) is 2.39. The third-order valence-electron chi connectivity index (χ3n) is 4.51. The molecule has 1 fully saturated rings. The molecule has 0 radical (unpaired) electrons. The van der Waals surface area contributed by atoms with Crippen molar-refractivity contribution < 1.29 is 4.74 Å². The van der Waals surface area contributed by atoms with Gasteiger partial charge >= 0.3 is 0 Å². The fourth-order valence-electron chi connectivity index (χ4n) is 3.49. The minimum absolute atomic E-state index is 0.130. The summed E-state index contributed by atoms with van der Waals surface area (Å²) in [5.74, 6) is 1.83. The topological polar surface area (TPSA) is 35.2 Å². The van der Waals surface area contributed by atoms with Crippen molar-refractivity contribution in [1.29, 1.82) is 0 Å². The van der Waals surface area contributed by atoms with Crippen molar-refractivity contribution >= 4 is 15.9 Å². The van der Waals surface area contributed by atoms with Crippen LogP contribution in [0.1, 0.15) is 56.6 Å². The van der Waals surface area contributed by atoms with Gasteiger partial charge in [0.25, 0.3) is 0 Å². The number of fused-ring (bicyclic) bond motifs is 1. The molecule has 2 N–H and O–H groups in total. The van der Waals surface area contributed by atoms with Gasteiger partial charge in [0.15, 0.2) is 0 Å². The SMILES string of the molecule is N[C@H]1CC(CC2CCCCC2)Oc2cc(Br)ccc21. The van der Waals surface area contributed by atoms with Crippen LogP contribution in [0.2, 0.25) is 0 Å². The first-order chi connectivity index (χ1) is 9.22. The molecule has 0 aromatic heterocycles. The summed E-state index contributed by atoms with van der Waals surface area (Å²) in [4.78, 5) is 0. The summed E-state index contributed by atoms with van der Waals surface area (Å²) in [6.45, 7) is 0. The molecule has 0 bridgehead atoms. The van der Waals surface area contributed by atoms with E-state index in [0.29, 0.717) is 6.10 Å². The van der Waals surface area contributed by atoms with Crippen molar-refractivity contribution in [3.8, 4) is 5.75 Å². The number of nitrogens with two attached hydrogens (primary N) is 1. The van der Waals surface area contributed by atoms with Gasteiger partial charge in [-0.15, -0.1) is 0 Å². The number of rotatable bonds is 2. The second kappa shape index (κ2) is 5.84. The van der Waals surface area contributed by atoms with Gasteiger partial charge in [0, 0.05) is 22.5 Å². The lowest BCUT2D eigenvalue weighted by Gasteiger charge is -2.33. The van der Waals surface area contributed by atoms with Crippen molar-refractivity contribution in [3.05, 3.63) is 28.2 Å². The highest BCUT2D eigenvalue weighted by atomic mass is 79.9. The molecule has 2 aliphatic rings. The molecule has 3 rings (SSSR count). The van der Waals surface area contributed by atoms with Crippen molar-refractivity contribution in [3.63, 3.8) is 0 Å². The molecule has 1 aliphatic carbocycles. The van der Waals surface area contributed by atoms with Gasteiger partial charge in [-0.25, -0.2) is 0 Å². The molecule has 1 heterocycles. The van der Waals surface area contributed by atoms with E-state index < -0.39 is 0 Å². The molecule has 1 aromatic rings. The smallest absolute Gasteiger partial charge is 0.125 e. The van der Waals surface area contributed by atoms with Gasteiger partial charge in [0.1, 0.15) is 11.9 Å². The zero-order chi connectivity index (χ0) is 13.2. The normalized spacial score (nSPS) is 27.7. The molecule has 1 saturated carbocycles. The molecule has 104 valence electrons. The van der Waals surface area contributed by atoms with Crippen LogP contribution in [0.4, 0.5) is 0 Å². The van der Waals surface area contributed by atoms with E-state index in [0.717, 1.165) is 28.1 Å². The number of ether oxygens (including phenoxy) is 1. The van der Waals surface area contributed by atoms with Gasteiger partial charge in [-0.3, -0.25) is 0 Å². The van der Waals surface area contributed by atoms with Crippen LogP contribution in [-0.2, 0) is 0 Å². The minimum atomic E-state index is 0.130. The van der Waals surface area contributed by atoms with Gasteiger partial charge < -0.3 is 10.5 Å². The zero-order valence-electron chi connectivity index (χ0n) is 11.3. The molecule has 2 atom stereocenters. The van der Waals surface area contributed by atoms with Crippen LogP contribution in [0, 0.1) is 5.92 Å². The van der Waals surface area contributed by atoms with Gasteiger partial charge in [0.2, 0.25) is 0 Å². The largest absolute Gasteiger partial charge is 0.490 e. The predicted octanol–water partition coefficient (Wildman–Crippen LogP) is 4.57. The van der Waals surface area contributed by atoms with Gasteiger partial charge in [-0.2, -0.15) is 0 Å². The summed E-state index contributed by atoms with van der Waals surface area (Å²) in [6.07, 6.45) is 9.40. The first-order valence-corrected chi connectivity index (χ1v) is 8.23. The van der Waals surface area contributed by atoms with Crippen LogP contribution >= 0.6 is 15.9 Å². The quantitative estimate of drug-likeness (QED) is 0.865. The van der Waals surface area contributed by atoms with Crippen LogP contribution in [0.25, 0.3) is 0 Å². The molecule has 1 aromatic carbocycles. The number of hydrogen-bond acceptors (Lipinski definition) is 2. The molecular weight excluding hydrogens is 302 g/mol. The monoisotopic (exact) mass is 323 g/mol. The van der Waals surface area contributed by atoms with E-state index in [2.05, 4.69) is 28.1 Å². The van der Waals surface area contributed by atoms with Gasteiger partial charge in [0.05, 0.1) is 0 Å². The lowest BCUT2D eigenvalue weighted by atomic mass is 9.83. The molecule has 1 unspecified atom stereocenters. The summed E-state index contributed by atoms with van der Waals surface area (Å²) in [7, 11) is 0. The van der Waals surface area contributed by atoms with E-state index >= 15 is 0 Å². The van der Waals surface area contributed by atoms with Crippen LogP contribution in [0.5, 0.6) is 5.75 Å². The summed E-state index contributed by atoms with van der Waals surface area (Å²) in [6, 6.07) is 6.32. The maximum atomic E-state index is 6.30. The lowest BCUT2D eigenvalue weighted by Crippen LogP contribution is -2.31. The fraction of sp³-hybridized carbons (Fsp3) is 0.625. The van der Waals surface area contributed by atoms with Crippen molar-refractivity contribution in [2.24, 2.45) is 11.7 Å². The van der Waals surface area contributed by atoms with Crippen molar-refractivity contribution in [1.82, 2.24) is 0 Å². The fourth-order valence-corrected chi connectivity index (χ4v) is 3.83. The summed E-state index contributed by atoms with van der Waals surface area (Å²) < 4.78 is 7.24. The first-order valence-electron chi connectivity index (χ1n) is 7.44. The zero-order valence-corrected chi connectivity index (χ0v) is 12.9. The summed E-state index contributed by atoms with van der Waals surface area (Å²) in [5, 5.41) is 0. The first kappa shape index (κ1) is 13.4. The molecule has 2 nitrogen and oxygen atoms in total. The molecule has 19 heavy (non-hydrogen) atoms. The van der Waals surface area contributed by atoms with Crippen LogP contribution in [-0.4, -0.2) is 6.10 Å². The standard InChI is InChI=1S/C16H22BrNO/c17-12-6-7-14-15(18)10-13(19-16(14)9-12)8-11-4-2-1-3-5-11/h6-7,9,11,13,15H,1-5,8,10,18H2/t13?,15-/m0/s1. The highest BCUT2D eigenvalue weighted by Crippen LogP contribution is 2.38. The second-order valence-corrected chi connectivity index (χ2v) is 6.92. The predicted molar refractivity (Wildman–Crippen MR) is 81.3 cm³/mol. The van der Waals surface area contributed by atoms with Crippen LogP contribution < -0.4 is 10.5 Å². The van der Waals surface area contributed by atoms with E-state index in [1.54, 1.807) is 0 Å². The summed E-state index contributed by atoms with van der Waals surface area (Å²) >= 11 is 3.51. The number of hydrogen-bond donors (Lipinski definition) is 1. The Hall–Kier alpha value is -0.540. The Balaban J connectivity index is 1.69. The third kappa shape index (κ3) is 3.14. The number of halogens is 1. The Morgan fingerprint density at radius 2 is 2.00 bits per heavy atom.